The summed E-state index contributed by atoms with van der Waals surface area (Å²) in [6, 6.07) is 5.09. The zero-order valence-corrected chi connectivity index (χ0v) is 12.8. The fourth-order valence-corrected chi connectivity index (χ4v) is 2.00. The summed E-state index contributed by atoms with van der Waals surface area (Å²) >= 11 is 9.24. The van der Waals surface area contributed by atoms with Crippen molar-refractivity contribution in [2.24, 2.45) is 5.92 Å². The minimum absolute atomic E-state index is 0.156. The molecule has 0 radical (unpaired) electrons. The van der Waals surface area contributed by atoms with E-state index in [4.69, 9.17) is 11.6 Å². The lowest BCUT2D eigenvalue weighted by atomic mass is 10.0. The zero-order valence-electron chi connectivity index (χ0n) is 10.4. The van der Waals surface area contributed by atoms with Gasteiger partial charge in [0.1, 0.15) is 0 Å². The Labute approximate surface area is 121 Å². The van der Waals surface area contributed by atoms with Crippen molar-refractivity contribution in [3.05, 3.63) is 33.3 Å². The number of hydrogen-bond acceptors (Lipinski definition) is 2. The third kappa shape index (κ3) is 4.26. The standard InChI is InChI=1S/C13H17BrClNO2/c1-3-8(2)12(17)7-16-13(18)10-6-9(14)4-5-11(10)15/h4-6,8,12,17H,3,7H2,1-2H3,(H,16,18). The molecule has 0 aliphatic rings. The van der Waals surface area contributed by atoms with Gasteiger partial charge in [0, 0.05) is 11.0 Å². The molecule has 0 fully saturated rings. The lowest BCUT2D eigenvalue weighted by Crippen LogP contribution is -2.35. The van der Waals surface area contributed by atoms with E-state index in [1.165, 1.54) is 0 Å². The second-order valence-corrected chi connectivity index (χ2v) is 5.61. The summed E-state index contributed by atoms with van der Waals surface area (Å²) in [6.45, 7) is 4.18. The number of carbonyl (C=O) groups is 1. The molecule has 0 heterocycles. The average Bonchev–Trinajstić information content (AvgIpc) is 2.37. The van der Waals surface area contributed by atoms with Crippen LogP contribution in [-0.2, 0) is 0 Å². The van der Waals surface area contributed by atoms with Crippen LogP contribution in [-0.4, -0.2) is 23.7 Å². The Hall–Kier alpha value is -0.580. The van der Waals surface area contributed by atoms with Gasteiger partial charge in [0.2, 0.25) is 0 Å². The molecule has 2 atom stereocenters. The highest BCUT2D eigenvalue weighted by molar-refractivity contribution is 9.10. The van der Waals surface area contributed by atoms with Crippen molar-refractivity contribution < 1.29 is 9.90 Å². The molecule has 0 aliphatic heterocycles. The van der Waals surface area contributed by atoms with E-state index in [-0.39, 0.29) is 18.4 Å². The van der Waals surface area contributed by atoms with E-state index in [1.54, 1.807) is 18.2 Å². The zero-order chi connectivity index (χ0) is 13.7. The van der Waals surface area contributed by atoms with Gasteiger partial charge >= 0.3 is 0 Å². The van der Waals surface area contributed by atoms with E-state index in [9.17, 15) is 9.90 Å². The average molecular weight is 335 g/mol. The van der Waals surface area contributed by atoms with Gasteiger partial charge in [-0.05, 0) is 24.1 Å². The van der Waals surface area contributed by atoms with E-state index in [0.29, 0.717) is 10.6 Å². The first-order valence-electron chi connectivity index (χ1n) is 5.87. The fraction of sp³-hybridized carbons (Fsp3) is 0.462. The molecule has 1 aromatic carbocycles. The van der Waals surface area contributed by atoms with E-state index < -0.39 is 6.10 Å². The van der Waals surface area contributed by atoms with Crippen LogP contribution in [0.4, 0.5) is 0 Å². The Morgan fingerprint density at radius 3 is 2.83 bits per heavy atom. The van der Waals surface area contributed by atoms with Crippen molar-refractivity contribution in [1.82, 2.24) is 5.32 Å². The molecule has 0 aliphatic carbocycles. The van der Waals surface area contributed by atoms with Crippen LogP contribution < -0.4 is 5.32 Å². The van der Waals surface area contributed by atoms with Crippen LogP contribution in [0.25, 0.3) is 0 Å². The van der Waals surface area contributed by atoms with Gasteiger partial charge in [-0.25, -0.2) is 0 Å². The first-order chi connectivity index (χ1) is 8.45. The van der Waals surface area contributed by atoms with Crippen molar-refractivity contribution in [3.63, 3.8) is 0 Å². The third-order valence-corrected chi connectivity index (χ3v) is 3.77. The Morgan fingerprint density at radius 1 is 1.56 bits per heavy atom. The van der Waals surface area contributed by atoms with Crippen LogP contribution in [0.1, 0.15) is 30.6 Å². The number of benzene rings is 1. The summed E-state index contributed by atoms with van der Waals surface area (Å²) in [5.74, 6) is -0.119. The predicted molar refractivity (Wildman–Crippen MR) is 76.9 cm³/mol. The summed E-state index contributed by atoms with van der Waals surface area (Å²) in [6.07, 6.45) is 0.333. The van der Waals surface area contributed by atoms with Gasteiger partial charge in [-0.3, -0.25) is 4.79 Å². The number of aliphatic hydroxyl groups excluding tert-OH is 1. The van der Waals surface area contributed by atoms with E-state index in [2.05, 4.69) is 21.2 Å². The highest BCUT2D eigenvalue weighted by Gasteiger charge is 2.15. The molecule has 0 saturated heterocycles. The van der Waals surface area contributed by atoms with Gasteiger partial charge in [0.25, 0.3) is 5.91 Å². The minimum Gasteiger partial charge on any atom is -0.391 e. The molecule has 2 unspecified atom stereocenters. The second-order valence-electron chi connectivity index (χ2n) is 4.29. The Kier molecular flexibility index (Phi) is 6.12. The first kappa shape index (κ1) is 15.5. The number of halogens is 2. The quantitative estimate of drug-likeness (QED) is 0.868. The maximum absolute atomic E-state index is 11.9. The molecule has 1 rings (SSSR count). The lowest BCUT2D eigenvalue weighted by Gasteiger charge is -2.17. The largest absolute Gasteiger partial charge is 0.391 e. The van der Waals surface area contributed by atoms with Gasteiger partial charge in [0.05, 0.1) is 16.7 Å². The molecule has 0 bridgehead atoms. The Balaban J connectivity index is 2.63. The molecule has 0 aromatic heterocycles. The van der Waals surface area contributed by atoms with E-state index in [1.807, 2.05) is 13.8 Å². The summed E-state index contributed by atoms with van der Waals surface area (Å²) in [5.41, 5.74) is 0.405. The molecule has 0 saturated carbocycles. The molecule has 1 aromatic rings. The van der Waals surface area contributed by atoms with Gasteiger partial charge in [0.15, 0.2) is 0 Å². The van der Waals surface area contributed by atoms with E-state index in [0.717, 1.165) is 10.9 Å². The molecule has 3 nitrogen and oxygen atoms in total. The molecule has 0 spiro atoms. The number of rotatable bonds is 5. The highest BCUT2D eigenvalue weighted by atomic mass is 79.9. The summed E-state index contributed by atoms with van der Waals surface area (Å²) in [5, 5.41) is 12.9. The molecular formula is C13H17BrClNO2. The van der Waals surface area contributed by atoms with Gasteiger partial charge in [-0.2, -0.15) is 0 Å². The van der Waals surface area contributed by atoms with Crippen molar-refractivity contribution in [2.45, 2.75) is 26.4 Å². The number of aliphatic hydroxyl groups is 1. The normalized spacial score (nSPS) is 14.1. The Morgan fingerprint density at radius 2 is 2.22 bits per heavy atom. The topological polar surface area (TPSA) is 49.3 Å². The van der Waals surface area contributed by atoms with Crippen molar-refractivity contribution >= 4 is 33.4 Å². The molecule has 5 heteroatoms. The second kappa shape index (κ2) is 7.12. The van der Waals surface area contributed by atoms with Crippen LogP contribution in [0.5, 0.6) is 0 Å². The number of carbonyl (C=O) groups excluding carboxylic acids is 1. The summed E-state index contributed by atoms with van der Waals surface area (Å²) < 4.78 is 0.791. The van der Waals surface area contributed by atoms with Crippen molar-refractivity contribution in [3.8, 4) is 0 Å². The van der Waals surface area contributed by atoms with Crippen molar-refractivity contribution in [1.29, 1.82) is 0 Å². The molecular weight excluding hydrogens is 318 g/mol. The van der Waals surface area contributed by atoms with E-state index >= 15 is 0 Å². The molecule has 100 valence electrons. The molecule has 18 heavy (non-hydrogen) atoms. The number of amides is 1. The predicted octanol–water partition coefficient (Wildman–Crippen LogP) is 3.24. The van der Waals surface area contributed by atoms with Crippen LogP contribution in [0.2, 0.25) is 5.02 Å². The number of hydrogen-bond donors (Lipinski definition) is 2. The van der Waals surface area contributed by atoms with Gasteiger partial charge in [-0.1, -0.05) is 47.8 Å². The van der Waals surface area contributed by atoms with Gasteiger partial charge in [-0.15, -0.1) is 0 Å². The molecule has 1 amide bonds. The minimum atomic E-state index is -0.537. The summed E-state index contributed by atoms with van der Waals surface area (Å²) in [7, 11) is 0. The van der Waals surface area contributed by atoms with Crippen LogP contribution >= 0.6 is 27.5 Å². The maximum Gasteiger partial charge on any atom is 0.252 e. The van der Waals surface area contributed by atoms with Gasteiger partial charge < -0.3 is 10.4 Å². The fourth-order valence-electron chi connectivity index (χ4n) is 1.44. The third-order valence-electron chi connectivity index (χ3n) is 2.95. The first-order valence-corrected chi connectivity index (χ1v) is 7.04. The Bertz CT molecular complexity index is 425. The van der Waals surface area contributed by atoms with Crippen LogP contribution in [0.15, 0.2) is 22.7 Å². The molecule has 2 N–H and O–H groups in total. The van der Waals surface area contributed by atoms with Crippen LogP contribution in [0.3, 0.4) is 0 Å². The maximum atomic E-state index is 11.9. The smallest absolute Gasteiger partial charge is 0.252 e. The number of nitrogens with one attached hydrogen (secondary N) is 1. The highest BCUT2D eigenvalue weighted by Crippen LogP contribution is 2.20. The lowest BCUT2D eigenvalue weighted by molar-refractivity contribution is 0.0850. The SMILES string of the molecule is CCC(C)C(O)CNC(=O)c1cc(Br)ccc1Cl. The monoisotopic (exact) mass is 333 g/mol. The van der Waals surface area contributed by atoms with Crippen LogP contribution in [0, 0.1) is 5.92 Å². The van der Waals surface area contributed by atoms with Crippen molar-refractivity contribution in [2.75, 3.05) is 6.54 Å². The summed E-state index contributed by atoms with van der Waals surface area (Å²) in [4.78, 5) is 11.9.